The first kappa shape index (κ1) is 14.3. The summed E-state index contributed by atoms with van der Waals surface area (Å²) in [5, 5.41) is 0. The lowest BCUT2D eigenvalue weighted by Gasteiger charge is -2.03. The van der Waals surface area contributed by atoms with Crippen molar-refractivity contribution in [2.24, 2.45) is 5.73 Å². The van der Waals surface area contributed by atoms with E-state index in [4.69, 9.17) is 5.73 Å². The molecule has 1 aromatic heterocycles. The fraction of sp³-hybridized carbons (Fsp3) is 0. The number of aromatic amines is 1. The lowest BCUT2D eigenvalue weighted by molar-refractivity contribution is 0.207. The number of imidazole rings is 1. The Morgan fingerprint density at radius 2 is 2.05 bits per heavy atom. The minimum Gasteiger partial charge on any atom is -0.376 e. The Labute approximate surface area is 127 Å². The molecular formula is C14H9F2N3O2S. The zero-order valence-electron chi connectivity index (χ0n) is 11.0. The summed E-state index contributed by atoms with van der Waals surface area (Å²) in [5.74, 6) is -1.26. The molecule has 0 saturated heterocycles. The fourth-order valence-electron chi connectivity index (χ4n) is 1.85. The number of primary amides is 1. The van der Waals surface area contributed by atoms with Gasteiger partial charge < -0.3 is 15.5 Å². The number of nitrogens with one attached hydrogen (secondary N) is 1. The summed E-state index contributed by atoms with van der Waals surface area (Å²) < 4.78 is 31.2. The van der Waals surface area contributed by atoms with Gasteiger partial charge in [-0.15, -0.1) is 0 Å². The maximum atomic E-state index is 13.6. The molecule has 0 saturated carbocycles. The number of hydrogen-bond donors (Lipinski definition) is 2. The number of rotatable bonds is 3. The average molecular weight is 321 g/mol. The number of fused-ring (bicyclic) bond motifs is 1. The summed E-state index contributed by atoms with van der Waals surface area (Å²) in [4.78, 5) is 18.5. The van der Waals surface area contributed by atoms with Crippen LogP contribution in [-0.2, 0) is 0 Å². The summed E-state index contributed by atoms with van der Waals surface area (Å²) in [5.41, 5.74) is 6.08. The van der Waals surface area contributed by atoms with E-state index in [9.17, 15) is 13.6 Å². The summed E-state index contributed by atoms with van der Waals surface area (Å²) >= 11 is 1.13. The van der Waals surface area contributed by atoms with Crippen LogP contribution < -0.4 is 10.5 Å². The van der Waals surface area contributed by atoms with Gasteiger partial charge in [-0.3, -0.25) is 0 Å². The molecule has 1 amide bonds. The molecule has 0 aliphatic carbocycles. The number of carbonyl (C=O) groups is 1. The molecule has 3 aromatic rings. The van der Waals surface area contributed by atoms with Gasteiger partial charge in [0.2, 0.25) is 0 Å². The SMILES string of the molecule is NC(=O)Oc1nc2cc(Sc3ccc(F)cc3F)ccc2[nH]1. The van der Waals surface area contributed by atoms with Gasteiger partial charge in [-0.05, 0) is 30.3 Å². The van der Waals surface area contributed by atoms with Gasteiger partial charge in [0.05, 0.1) is 11.0 Å². The van der Waals surface area contributed by atoms with Crippen molar-refractivity contribution in [3.8, 4) is 6.01 Å². The van der Waals surface area contributed by atoms with E-state index in [0.717, 1.165) is 17.8 Å². The van der Waals surface area contributed by atoms with Crippen molar-refractivity contribution in [3.63, 3.8) is 0 Å². The van der Waals surface area contributed by atoms with Crippen LogP contribution in [0.3, 0.4) is 0 Å². The van der Waals surface area contributed by atoms with Crippen molar-refractivity contribution >= 4 is 28.9 Å². The minimum atomic E-state index is -0.970. The number of nitrogens with two attached hydrogens (primary N) is 1. The van der Waals surface area contributed by atoms with E-state index >= 15 is 0 Å². The second-order valence-electron chi connectivity index (χ2n) is 4.32. The van der Waals surface area contributed by atoms with Gasteiger partial charge in [-0.1, -0.05) is 11.8 Å². The van der Waals surface area contributed by atoms with Crippen LogP contribution in [0.4, 0.5) is 13.6 Å². The monoisotopic (exact) mass is 321 g/mol. The van der Waals surface area contributed by atoms with Crippen molar-refractivity contribution in [1.82, 2.24) is 9.97 Å². The number of carbonyl (C=O) groups excluding carboxylic acids is 1. The molecule has 0 aliphatic heterocycles. The molecule has 22 heavy (non-hydrogen) atoms. The predicted octanol–water partition coefficient (Wildman–Crippen LogP) is 3.45. The van der Waals surface area contributed by atoms with Crippen molar-refractivity contribution in [1.29, 1.82) is 0 Å². The standard InChI is InChI=1S/C14H9F2N3O2S/c15-7-1-4-12(9(16)5-7)22-8-2-3-10-11(6-8)19-14(18-10)21-13(17)20/h1-6H,(H2,17,20)(H,18,19). The van der Waals surface area contributed by atoms with Gasteiger partial charge in [0.25, 0.3) is 0 Å². The smallest absolute Gasteiger partial charge is 0.376 e. The Hall–Kier alpha value is -2.61. The summed E-state index contributed by atoms with van der Waals surface area (Å²) in [6.45, 7) is 0. The third-order valence-corrected chi connectivity index (χ3v) is 3.79. The summed E-state index contributed by atoms with van der Waals surface area (Å²) in [6.07, 6.45) is -0.970. The number of halogens is 2. The maximum absolute atomic E-state index is 13.6. The van der Waals surface area contributed by atoms with Crippen LogP contribution in [0.1, 0.15) is 0 Å². The molecule has 0 bridgehead atoms. The van der Waals surface area contributed by atoms with Crippen molar-refractivity contribution in [2.75, 3.05) is 0 Å². The second kappa shape index (κ2) is 5.64. The number of H-pyrrole nitrogens is 1. The van der Waals surface area contributed by atoms with Gasteiger partial charge in [0.1, 0.15) is 11.6 Å². The third-order valence-electron chi connectivity index (χ3n) is 2.75. The highest BCUT2D eigenvalue weighted by molar-refractivity contribution is 7.99. The molecule has 0 fully saturated rings. The fourth-order valence-corrected chi connectivity index (χ4v) is 2.71. The van der Waals surface area contributed by atoms with Gasteiger partial charge >= 0.3 is 12.1 Å². The number of hydrogen-bond acceptors (Lipinski definition) is 4. The van der Waals surface area contributed by atoms with Crippen LogP contribution in [0.15, 0.2) is 46.2 Å². The lowest BCUT2D eigenvalue weighted by Crippen LogP contribution is -2.16. The van der Waals surface area contributed by atoms with Gasteiger partial charge in [-0.25, -0.2) is 13.6 Å². The van der Waals surface area contributed by atoms with Crippen LogP contribution in [0.2, 0.25) is 0 Å². The maximum Gasteiger partial charge on any atom is 0.412 e. The van der Waals surface area contributed by atoms with Crippen molar-refractivity contribution < 1.29 is 18.3 Å². The highest BCUT2D eigenvalue weighted by atomic mass is 32.2. The van der Waals surface area contributed by atoms with E-state index in [2.05, 4.69) is 14.7 Å². The van der Waals surface area contributed by atoms with Gasteiger partial charge in [0.15, 0.2) is 0 Å². The Morgan fingerprint density at radius 1 is 1.23 bits per heavy atom. The topological polar surface area (TPSA) is 81.0 Å². The van der Waals surface area contributed by atoms with Gasteiger partial charge in [0, 0.05) is 15.9 Å². The molecule has 3 rings (SSSR count). The first-order valence-corrected chi connectivity index (χ1v) is 6.93. The number of benzene rings is 2. The van der Waals surface area contributed by atoms with Gasteiger partial charge in [-0.2, -0.15) is 4.98 Å². The number of amides is 1. The minimum absolute atomic E-state index is 0.0161. The molecule has 0 aliphatic rings. The number of ether oxygens (including phenoxy) is 1. The van der Waals surface area contributed by atoms with Crippen LogP contribution in [0.25, 0.3) is 11.0 Å². The Morgan fingerprint density at radius 3 is 2.77 bits per heavy atom. The molecule has 5 nitrogen and oxygen atoms in total. The third kappa shape index (κ3) is 3.01. The van der Waals surface area contributed by atoms with Crippen molar-refractivity contribution in [2.45, 2.75) is 9.79 Å². The number of aromatic nitrogens is 2. The van der Waals surface area contributed by atoms with Crippen LogP contribution in [-0.4, -0.2) is 16.1 Å². The molecule has 8 heteroatoms. The van der Waals surface area contributed by atoms with E-state index in [1.54, 1.807) is 18.2 Å². The van der Waals surface area contributed by atoms with Crippen LogP contribution >= 0.6 is 11.8 Å². The molecule has 0 unspecified atom stereocenters. The lowest BCUT2D eigenvalue weighted by atomic mass is 10.3. The molecule has 3 N–H and O–H groups in total. The molecular weight excluding hydrogens is 312 g/mol. The van der Waals surface area contributed by atoms with E-state index < -0.39 is 17.7 Å². The molecule has 2 aromatic carbocycles. The van der Waals surface area contributed by atoms with Crippen LogP contribution in [0.5, 0.6) is 6.01 Å². The molecule has 1 heterocycles. The quantitative estimate of drug-likeness (QED) is 0.774. The largest absolute Gasteiger partial charge is 0.412 e. The second-order valence-corrected chi connectivity index (χ2v) is 5.43. The predicted molar refractivity (Wildman–Crippen MR) is 76.8 cm³/mol. The summed E-state index contributed by atoms with van der Waals surface area (Å²) in [7, 11) is 0. The Kier molecular flexibility index (Phi) is 3.68. The Balaban J connectivity index is 1.89. The van der Waals surface area contributed by atoms with E-state index in [0.29, 0.717) is 20.8 Å². The zero-order chi connectivity index (χ0) is 15.7. The van der Waals surface area contributed by atoms with E-state index in [-0.39, 0.29) is 6.01 Å². The first-order chi connectivity index (χ1) is 10.5. The molecule has 0 radical (unpaired) electrons. The molecule has 112 valence electrons. The van der Waals surface area contributed by atoms with E-state index in [1.165, 1.54) is 12.1 Å². The van der Waals surface area contributed by atoms with Crippen molar-refractivity contribution in [3.05, 3.63) is 48.0 Å². The first-order valence-electron chi connectivity index (χ1n) is 6.11. The van der Waals surface area contributed by atoms with Crippen LogP contribution in [0, 0.1) is 11.6 Å². The zero-order valence-corrected chi connectivity index (χ0v) is 11.8. The van der Waals surface area contributed by atoms with E-state index in [1.807, 2.05) is 0 Å². The summed E-state index contributed by atoms with van der Waals surface area (Å²) in [6, 6.07) is 8.50. The average Bonchev–Trinajstić information content (AvgIpc) is 2.82. The molecule has 0 spiro atoms. The molecule has 0 atom stereocenters. The highest BCUT2D eigenvalue weighted by Gasteiger charge is 2.09. The highest BCUT2D eigenvalue weighted by Crippen LogP contribution is 2.32. The Bertz CT molecular complexity index is 866. The normalized spacial score (nSPS) is 10.8. The number of nitrogens with zero attached hydrogens (tertiary/aromatic N) is 1.